The summed E-state index contributed by atoms with van der Waals surface area (Å²) in [6.45, 7) is -0.574. The van der Waals surface area contributed by atoms with E-state index >= 15 is 0 Å². The van der Waals surface area contributed by atoms with Crippen molar-refractivity contribution in [3.63, 3.8) is 0 Å². The van der Waals surface area contributed by atoms with Crippen molar-refractivity contribution in [2.75, 3.05) is 13.6 Å². The molecule has 1 aromatic heterocycles. The Labute approximate surface area is 123 Å². The van der Waals surface area contributed by atoms with Crippen molar-refractivity contribution < 1.29 is 27.9 Å². The molecule has 5 nitrogen and oxygen atoms in total. The predicted octanol–water partition coefficient (Wildman–Crippen LogP) is 2.41. The van der Waals surface area contributed by atoms with Gasteiger partial charge in [-0.1, -0.05) is 12.1 Å². The molecule has 2 rings (SSSR count). The molecule has 0 fully saturated rings. The van der Waals surface area contributed by atoms with Crippen molar-refractivity contribution in [2.24, 2.45) is 0 Å². The van der Waals surface area contributed by atoms with Gasteiger partial charge in [0.25, 0.3) is 5.91 Å². The van der Waals surface area contributed by atoms with E-state index in [2.05, 4.69) is 4.98 Å². The second-order valence-electron chi connectivity index (χ2n) is 4.61. The van der Waals surface area contributed by atoms with Gasteiger partial charge in [0.2, 0.25) is 0 Å². The molecule has 0 atom stereocenters. The van der Waals surface area contributed by atoms with Crippen molar-refractivity contribution in [3.05, 3.63) is 41.7 Å². The van der Waals surface area contributed by atoms with Gasteiger partial charge in [-0.25, -0.2) is 0 Å². The number of nitrogens with zero attached hydrogens (tertiary/aromatic N) is 2. The highest BCUT2D eigenvalue weighted by molar-refractivity contribution is 6.06. The Morgan fingerprint density at radius 3 is 2.50 bits per heavy atom. The van der Waals surface area contributed by atoms with Gasteiger partial charge in [-0.05, 0) is 17.5 Å². The second-order valence-corrected chi connectivity index (χ2v) is 4.61. The Kier molecular flexibility index (Phi) is 4.03. The molecule has 0 spiro atoms. The monoisotopic (exact) mass is 312 g/mol. The molecule has 0 saturated carbocycles. The first-order valence-electron chi connectivity index (χ1n) is 6.14. The topological polar surface area (TPSA) is 70.5 Å². The van der Waals surface area contributed by atoms with E-state index in [1.165, 1.54) is 25.2 Å². The van der Waals surface area contributed by atoms with Crippen LogP contribution in [0.2, 0.25) is 0 Å². The lowest BCUT2D eigenvalue weighted by molar-refractivity contribution is -0.137. The number of hydrogen-bond acceptors (Lipinski definition) is 3. The number of pyridine rings is 1. The minimum absolute atomic E-state index is 0.0274. The number of carboxylic acid groups (broad SMARTS) is 1. The first-order valence-corrected chi connectivity index (χ1v) is 6.14. The van der Waals surface area contributed by atoms with Crippen LogP contribution in [-0.2, 0) is 11.0 Å². The molecule has 0 aliphatic rings. The van der Waals surface area contributed by atoms with Crippen molar-refractivity contribution >= 4 is 22.6 Å². The number of likely N-dealkylation sites (N-methyl/N-ethyl adjacent to an activating group) is 1. The van der Waals surface area contributed by atoms with Crippen LogP contribution in [0.15, 0.2) is 30.5 Å². The van der Waals surface area contributed by atoms with E-state index in [9.17, 15) is 22.8 Å². The van der Waals surface area contributed by atoms with Crippen LogP contribution in [0.1, 0.15) is 16.1 Å². The zero-order valence-electron chi connectivity index (χ0n) is 11.4. The summed E-state index contributed by atoms with van der Waals surface area (Å²) in [5, 5.41) is 8.55. The van der Waals surface area contributed by atoms with E-state index in [4.69, 9.17) is 5.11 Å². The van der Waals surface area contributed by atoms with Crippen molar-refractivity contribution in [1.29, 1.82) is 0 Å². The van der Waals surface area contributed by atoms with Crippen molar-refractivity contribution in [1.82, 2.24) is 9.88 Å². The van der Waals surface area contributed by atoms with Crippen molar-refractivity contribution in [3.8, 4) is 0 Å². The number of amides is 1. The summed E-state index contributed by atoms with van der Waals surface area (Å²) in [5.74, 6) is -1.99. The van der Waals surface area contributed by atoms with Crippen LogP contribution in [-0.4, -0.2) is 40.5 Å². The van der Waals surface area contributed by atoms with Gasteiger partial charge in [-0.3, -0.25) is 14.6 Å². The maximum Gasteiger partial charge on any atom is 0.417 e. The summed E-state index contributed by atoms with van der Waals surface area (Å²) in [5.41, 5.74) is -1.09. The first-order chi connectivity index (χ1) is 10.2. The van der Waals surface area contributed by atoms with Gasteiger partial charge in [0.15, 0.2) is 0 Å². The smallest absolute Gasteiger partial charge is 0.417 e. The molecule has 0 saturated heterocycles. The fourth-order valence-corrected chi connectivity index (χ4v) is 2.08. The zero-order chi connectivity index (χ0) is 16.5. The predicted molar refractivity (Wildman–Crippen MR) is 71.3 cm³/mol. The highest BCUT2D eigenvalue weighted by Crippen LogP contribution is 2.35. The minimum Gasteiger partial charge on any atom is -0.480 e. The number of halogens is 3. The number of carbonyl (C=O) groups is 2. The number of carbonyl (C=O) groups excluding carboxylic acids is 1. The summed E-state index contributed by atoms with van der Waals surface area (Å²) < 4.78 is 39.0. The Morgan fingerprint density at radius 2 is 1.91 bits per heavy atom. The van der Waals surface area contributed by atoms with Crippen LogP contribution in [0.4, 0.5) is 13.2 Å². The molecule has 22 heavy (non-hydrogen) atoms. The maximum atomic E-state index is 13.0. The maximum absolute atomic E-state index is 13.0. The lowest BCUT2D eigenvalue weighted by atomic mass is 10.0. The molecule has 116 valence electrons. The van der Waals surface area contributed by atoms with Crippen LogP contribution >= 0.6 is 0 Å². The molecule has 1 N–H and O–H groups in total. The van der Waals surface area contributed by atoms with E-state index in [0.29, 0.717) is 0 Å². The molecule has 0 aliphatic carbocycles. The van der Waals surface area contributed by atoms with Gasteiger partial charge < -0.3 is 10.0 Å². The van der Waals surface area contributed by atoms with Gasteiger partial charge in [0.1, 0.15) is 12.2 Å². The van der Waals surface area contributed by atoms with Crippen LogP contribution in [0.25, 0.3) is 10.8 Å². The number of rotatable bonds is 3. The zero-order valence-corrected chi connectivity index (χ0v) is 11.4. The molecule has 0 aliphatic heterocycles. The average molecular weight is 312 g/mol. The van der Waals surface area contributed by atoms with Crippen molar-refractivity contribution in [2.45, 2.75) is 6.18 Å². The molecule has 1 heterocycles. The highest BCUT2D eigenvalue weighted by Gasteiger charge is 2.33. The van der Waals surface area contributed by atoms with E-state index < -0.39 is 30.2 Å². The van der Waals surface area contributed by atoms with Crippen LogP contribution in [0.3, 0.4) is 0 Å². The molecular formula is C14H11F3N2O3. The molecule has 1 amide bonds. The normalized spacial score (nSPS) is 11.5. The van der Waals surface area contributed by atoms with Gasteiger partial charge >= 0.3 is 12.1 Å². The van der Waals surface area contributed by atoms with Gasteiger partial charge in [-0.2, -0.15) is 13.2 Å². The van der Waals surface area contributed by atoms with Crippen LogP contribution in [0.5, 0.6) is 0 Å². The van der Waals surface area contributed by atoms with E-state index in [-0.39, 0.29) is 16.5 Å². The fraction of sp³-hybridized carbons (Fsp3) is 0.214. The van der Waals surface area contributed by atoms with E-state index in [0.717, 1.165) is 17.2 Å². The molecule has 1 aromatic carbocycles. The summed E-state index contributed by atoms with van der Waals surface area (Å²) >= 11 is 0. The fourth-order valence-electron chi connectivity index (χ4n) is 2.08. The lowest BCUT2D eigenvalue weighted by Gasteiger charge is -2.16. The minimum atomic E-state index is -4.56. The second kappa shape index (κ2) is 5.63. The number of hydrogen-bond donors (Lipinski definition) is 1. The molecule has 0 radical (unpaired) electrons. The van der Waals surface area contributed by atoms with Gasteiger partial charge in [-0.15, -0.1) is 0 Å². The standard InChI is InChI=1S/C14H11F3N2O3/c1-19(7-11(20)21)13(22)12-9-3-2-4-10(14(15,16)17)8(9)5-6-18-12/h2-6H,7H2,1H3,(H,20,21). The van der Waals surface area contributed by atoms with E-state index in [1.54, 1.807) is 0 Å². The summed E-state index contributed by atoms with van der Waals surface area (Å²) in [6, 6.07) is 4.61. The van der Waals surface area contributed by atoms with Crippen LogP contribution < -0.4 is 0 Å². The highest BCUT2D eigenvalue weighted by atomic mass is 19.4. The summed E-state index contributed by atoms with van der Waals surface area (Å²) in [7, 11) is 1.24. The number of fused-ring (bicyclic) bond motifs is 1. The molecule has 0 bridgehead atoms. The molecule has 2 aromatic rings. The Morgan fingerprint density at radius 1 is 1.23 bits per heavy atom. The quantitative estimate of drug-likeness (QED) is 0.945. The SMILES string of the molecule is CN(CC(=O)O)C(=O)c1nccc2c(C(F)(F)F)cccc12. The van der Waals surface area contributed by atoms with E-state index in [1.807, 2.05) is 0 Å². The Bertz CT molecular complexity index is 744. The largest absolute Gasteiger partial charge is 0.480 e. The number of alkyl halides is 3. The average Bonchev–Trinajstić information content (AvgIpc) is 2.43. The third kappa shape index (κ3) is 3.00. The third-order valence-electron chi connectivity index (χ3n) is 3.03. The summed E-state index contributed by atoms with van der Waals surface area (Å²) in [6.07, 6.45) is -3.46. The van der Waals surface area contributed by atoms with Gasteiger partial charge in [0, 0.05) is 18.6 Å². The third-order valence-corrected chi connectivity index (χ3v) is 3.03. The molecule has 8 heteroatoms. The molecule has 0 unspecified atom stereocenters. The Hall–Kier alpha value is -2.64. The molecular weight excluding hydrogens is 301 g/mol. The first kappa shape index (κ1) is 15.7. The number of benzene rings is 1. The van der Waals surface area contributed by atoms with Gasteiger partial charge in [0.05, 0.1) is 5.56 Å². The Balaban J connectivity index is 2.57. The lowest BCUT2D eigenvalue weighted by Crippen LogP contribution is -2.32. The summed E-state index contributed by atoms with van der Waals surface area (Å²) in [4.78, 5) is 27.5. The number of aromatic nitrogens is 1. The number of aliphatic carboxylic acids is 1. The number of carboxylic acids is 1. The van der Waals surface area contributed by atoms with Crippen LogP contribution in [0, 0.1) is 0 Å².